The number of nitrogens with one attached hydrogen (secondary N) is 1. The van der Waals surface area contributed by atoms with Crippen LogP contribution in [0.4, 0.5) is 5.82 Å². The fourth-order valence-corrected chi connectivity index (χ4v) is 2.06. The number of ether oxygens (including phenoxy) is 1. The molecule has 1 heterocycles. The Hall–Kier alpha value is -2.14. The number of nitrogens with zero attached hydrogens (tertiary/aromatic N) is 2. The van der Waals surface area contributed by atoms with Crippen molar-refractivity contribution in [2.24, 2.45) is 5.84 Å². The summed E-state index contributed by atoms with van der Waals surface area (Å²) < 4.78 is 5.93. The highest BCUT2D eigenvalue weighted by atomic mass is 16.5. The number of hydrazine groups is 1. The molecule has 0 aliphatic rings. The van der Waals surface area contributed by atoms with Crippen LogP contribution >= 0.6 is 0 Å². The lowest BCUT2D eigenvalue weighted by atomic mass is 9.87. The van der Waals surface area contributed by atoms with E-state index in [1.54, 1.807) is 0 Å². The van der Waals surface area contributed by atoms with Crippen molar-refractivity contribution in [2.75, 3.05) is 5.43 Å². The van der Waals surface area contributed by atoms with E-state index in [4.69, 9.17) is 10.6 Å². The third-order valence-electron chi connectivity index (χ3n) is 3.31. The highest BCUT2D eigenvalue weighted by Crippen LogP contribution is 2.30. The number of rotatable bonds is 4. The van der Waals surface area contributed by atoms with Gasteiger partial charge in [0.05, 0.1) is 5.56 Å². The van der Waals surface area contributed by atoms with E-state index >= 15 is 0 Å². The number of hydrogen-bond donors (Lipinski definition) is 2. The molecular weight excluding hydrogens is 264 g/mol. The van der Waals surface area contributed by atoms with Crippen molar-refractivity contribution >= 4 is 5.82 Å². The van der Waals surface area contributed by atoms with Crippen molar-refractivity contribution in [1.82, 2.24) is 9.97 Å². The van der Waals surface area contributed by atoms with Gasteiger partial charge in [-0.2, -0.15) is 0 Å². The maximum atomic E-state index is 5.93. The van der Waals surface area contributed by atoms with Gasteiger partial charge in [0.25, 0.3) is 0 Å². The number of hydrogen-bond acceptors (Lipinski definition) is 5. The number of benzene rings is 1. The lowest BCUT2D eigenvalue weighted by molar-refractivity contribution is 0.452. The molecule has 0 atom stereocenters. The molecule has 2 aromatic rings. The van der Waals surface area contributed by atoms with Crippen LogP contribution in [0, 0.1) is 0 Å². The van der Waals surface area contributed by atoms with Gasteiger partial charge in [-0.15, -0.1) is 0 Å². The van der Waals surface area contributed by atoms with E-state index in [2.05, 4.69) is 42.2 Å². The van der Waals surface area contributed by atoms with Gasteiger partial charge >= 0.3 is 0 Å². The summed E-state index contributed by atoms with van der Waals surface area (Å²) in [7, 11) is 0. The van der Waals surface area contributed by atoms with Crippen molar-refractivity contribution in [3.05, 3.63) is 41.7 Å². The minimum atomic E-state index is 0.0720. The molecule has 21 heavy (non-hydrogen) atoms. The lowest BCUT2D eigenvalue weighted by Crippen LogP contribution is -2.12. The molecule has 1 aromatic carbocycles. The van der Waals surface area contributed by atoms with Crippen molar-refractivity contribution in [2.45, 2.75) is 39.5 Å². The first kappa shape index (κ1) is 15.3. The van der Waals surface area contributed by atoms with Gasteiger partial charge < -0.3 is 10.2 Å². The van der Waals surface area contributed by atoms with Crippen molar-refractivity contribution < 1.29 is 4.74 Å². The fraction of sp³-hybridized carbons (Fsp3) is 0.375. The van der Waals surface area contributed by atoms with E-state index in [-0.39, 0.29) is 5.41 Å². The Kier molecular flexibility index (Phi) is 4.43. The minimum Gasteiger partial charge on any atom is -0.439 e. The van der Waals surface area contributed by atoms with Crippen molar-refractivity contribution in [1.29, 1.82) is 0 Å². The largest absolute Gasteiger partial charge is 0.439 e. The zero-order valence-corrected chi connectivity index (χ0v) is 13.0. The molecule has 5 nitrogen and oxygen atoms in total. The number of anilines is 1. The molecule has 0 spiro atoms. The van der Waals surface area contributed by atoms with Crippen LogP contribution in [0.2, 0.25) is 0 Å². The monoisotopic (exact) mass is 286 g/mol. The van der Waals surface area contributed by atoms with E-state index in [0.717, 1.165) is 17.7 Å². The SMILES string of the molecule is CCc1c(NN)ncnc1Oc1cccc(C(C)(C)C)c1. The van der Waals surface area contributed by atoms with Crippen LogP contribution in [0.25, 0.3) is 0 Å². The predicted octanol–water partition coefficient (Wildman–Crippen LogP) is 3.41. The summed E-state index contributed by atoms with van der Waals surface area (Å²) in [4.78, 5) is 8.32. The Morgan fingerprint density at radius 1 is 1.24 bits per heavy atom. The standard InChI is InChI=1S/C16H22N4O/c1-5-13-14(20-17)18-10-19-15(13)21-12-8-6-7-11(9-12)16(2,3)4/h6-10H,5,17H2,1-4H3,(H,18,19,20). The summed E-state index contributed by atoms with van der Waals surface area (Å²) in [5.41, 5.74) is 4.72. The number of aromatic nitrogens is 2. The molecule has 1 aromatic heterocycles. The van der Waals surface area contributed by atoms with Crippen molar-refractivity contribution in [3.8, 4) is 11.6 Å². The molecule has 0 unspecified atom stereocenters. The predicted molar refractivity (Wildman–Crippen MR) is 84.4 cm³/mol. The molecule has 0 saturated heterocycles. The second-order valence-electron chi connectivity index (χ2n) is 5.88. The van der Waals surface area contributed by atoms with Gasteiger partial charge in [0.2, 0.25) is 5.88 Å². The summed E-state index contributed by atoms with van der Waals surface area (Å²) in [5.74, 6) is 7.36. The maximum Gasteiger partial charge on any atom is 0.227 e. The molecule has 0 fully saturated rings. The molecule has 0 saturated carbocycles. The van der Waals surface area contributed by atoms with Gasteiger partial charge in [-0.1, -0.05) is 39.8 Å². The van der Waals surface area contributed by atoms with E-state index in [1.807, 2.05) is 25.1 Å². The smallest absolute Gasteiger partial charge is 0.227 e. The quantitative estimate of drug-likeness (QED) is 0.665. The molecule has 5 heteroatoms. The van der Waals surface area contributed by atoms with Gasteiger partial charge in [0.1, 0.15) is 17.9 Å². The van der Waals surface area contributed by atoms with E-state index < -0.39 is 0 Å². The molecular formula is C16H22N4O. The van der Waals surface area contributed by atoms with Crippen LogP contribution in [0.15, 0.2) is 30.6 Å². The number of nitrogen functional groups attached to an aromatic ring is 1. The van der Waals surface area contributed by atoms with E-state index in [9.17, 15) is 0 Å². The summed E-state index contributed by atoms with van der Waals surface area (Å²) in [6.07, 6.45) is 2.17. The average molecular weight is 286 g/mol. The molecule has 112 valence electrons. The summed E-state index contributed by atoms with van der Waals surface area (Å²) in [6.45, 7) is 8.53. The van der Waals surface area contributed by atoms with Gasteiger partial charge in [-0.25, -0.2) is 15.8 Å². The summed E-state index contributed by atoms with van der Waals surface area (Å²) in [5, 5.41) is 0. The molecule has 0 aliphatic carbocycles. The Labute approximate surface area is 125 Å². The van der Waals surface area contributed by atoms with Gasteiger partial charge in [0, 0.05) is 0 Å². The molecule has 0 amide bonds. The minimum absolute atomic E-state index is 0.0720. The molecule has 2 rings (SSSR count). The zero-order chi connectivity index (χ0) is 15.5. The third-order valence-corrected chi connectivity index (χ3v) is 3.31. The number of nitrogens with two attached hydrogens (primary N) is 1. The van der Waals surface area contributed by atoms with Gasteiger partial charge in [0.15, 0.2) is 0 Å². The fourth-order valence-electron chi connectivity index (χ4n) is 2.06. The molecule has 0 radical (unpaired) electrons. The second kappa shape index (κ2) is 6.10. The maximum absolute atomic E-state index is 5.93. The highest BCUT2D eigenvalue weighted by Gasteiger charge is 2.15. The first-order valence-corrected chi connectivity index (χ1v) is 7.04. The molecule has 0 bridgehead atoms. The zero-order valence-electron chi connectivity index (χ0n) is 13.0. The Morgan fingerprint density at radius 3 is 2.62 bits per heavy atom. The van der Waals surface area contributed by atoms with Gasteiger partial charge in [-0.3, -0.25) is 0 Å². The lowest BCUT2D eigenvalue weighted by Gasteiger charge is -2.20. The van der Waals surface area contributed by atoms with E-state index in [1.165, 1.54) is 11.9 Å². The Morgan fingerprint density at radius 2 is 2.00 bits per heavy atom. The first-order chi connectivity index (χ1) is 9.95. The Balaban J connectivity index is 2.35. The van der Waals surface area contributed by atoms with Crippen LogP contribution < -0.4 is 16.0 Å². The summed E-state index contributed by atoms with van der Waals surface area (Å²) >= 11 is 0. The Bertz CT molecular complexity index is 620. The van der Waals surface area contributed by atoms with Crippen LogP contribution in [0.5, 0.6) is 11.6 Å². The van der Waals surface area contributed by atoms with Crippen LogP contribution in [0.1, 0.15) is 38.8 Å². The van der Waals surface area contributed by atoms with Crippen molar-refractivity contribution in [3.63, 3.8) is 0 Å². The van der Waals surface area contributed by atoms with Crippen LogP contribution in [-0.2, 0) is 11.8 Å². The normalized spacial score (nSPS) is 11.3. The first-order valence-electron chi connectivity index (χ1n) is 7.04. The van der Waals surface area contributed by atoms with Gasteiger partial charge in [-0.05, 0) is 29.5 Å². The van der Waals surface area contributed by atoms with Crippen LogP contribution in [0.3, 0.4) is 0 Å². The highest BCUT2D eigenvalue weighted by molar-refractivity contribution is 5.49. The third kappa shape index (κ3) is 3.49. The molecule has 0 aliphatic heterocycles. The average Bonchev–Trinajstić information content (AvgIpc) is 2.46. The topological polar surface area (TPSA) is 73.1 Å². The summed E-state index contributed by atoms with van der Waals surface area (Å²) in [6, 6.07) is 8.05. The van der Waals surface area contributed by atoms with E-state index in [0.29, 0.717) is 11.7 Å². The van der Waals surface area contributed by atoms with Crippen LogP contribution in [-0.4, -0.2) is 9.97 Å². The second-order valence-corrected chi connectivity index (χ2v) is 5.88. The molecule has 3 N–H and O–H groups in total.